The fraction of sp³-hybridized carbons (Fsp3) is 0.316. The molecule has 9 heteroatoms. The van der Waals surface area contributed by atoms with Gasteiger partial charge in [0.1, 0.15) is 5.82 Å². The second-order valence-corrected chi connectivity index (χ2v) is 9.10. The molecule has 146 valence electrons. The maximum atomic E-state index is 13.3. The molecule has 28 heavy (non-hydrogen) atoms. The van der Waals surface area contributed by atoms with Gasteiger partial charge in [-0.1, -0.05) is 16.8 Å². The van der Waals surface area contributed by atoms with E-state index >= 15 is 0 Å². The average Bonchev–Trinajstić information content (AvgIpc) is 3.31. The first-order valence-corrected chi connectivity index (χ1v) is 10.7. The SMILES string of the molecule is Cc1cc(-c2cnc(C)nc2[C@@H]2CCCN2S(=O)(=O)c2ccc(Cl)cc2)on1. The number of nitrogens with zero attached hydrogens (tertiary/aromatic N) is 4. The van der Waals surface area contributed by atoms with Gasteiger partial charge in [0, 0.05) is 23.8 Å². The lowest BCUT2D eigenvalue weighted by molar-refractivity contribution is 0.387. The predicted molar refractivity (Wildman–Crippen MR) is 104 cm³/mol. The Hall–Kier alpha value is -2.29. The van der Waals surface area contributed by atoms with Crippen LogP contribution in [0.3, 0.4) is 0 Å². The largest absolute Gasteiger partial charge is 0.356 e. The first-order valence-electron chi connectivity index (χ1n) is 8.91. The van der Waals surface area contributed by atoms with Gasteiger partial charge >= 0.3 is 0 Å². The van der Waals surface area contributed by atoms with Crippen LogP contribution in [0.25, 0.3) is 11.3 Å². The van der Waals surface area contributed by atoms with Crippen LogP contribution in [0.5, 0.6) is 0 Å². The number of halogens is 1. The van der Waals surface area contributed by atoms with Gasteiger partial charge in [-0.25, -0.2) is 18.4 Å². The average molecular weight is 419 g/mol. The summed E-state index contributed by atoms with van der Waals surface area (Å²) in [5, 5.41) is 4.42. The molecule has 0 bridgehead atoms. The normalized spacial score (nSPS) is 17.9. The molecular formula is C19H19ClN4O3S. The van der Waals surface area contributed by atoms with E-state index in [1.807, 2.05) is 6.92 Å². The summed E-state index contributed by atoms with van der Waals surface area (Å²) in [7, 11) is -3.69. The zero-order valence-electron chi connectivity index (χ0n) is 15.5. The van der Waals surface area contributed by atoms with Crippen molar-refractivity contribution in [1.82, 2.24) is 19.4 Å². The van der Waals surface area contributed by atoms with Crippen molar-refractivity contribution >= 4 is 21.6 Å². The molecule has 1 fully saturated rings. The van der Waals surface area contributed by atoms with Gasteiger partial charge in [0.15, 0.2) is 5.76 Å². The highest BCUT2D eigenvalue weighted by Crippen LogP contribution is 2.39. The Morgan fingerprint density at radius 3 is 2.64 bits per heavy atom. The number of sulfonamides is 1. The molecule has 2 aromatic heterocycles. The first-order chi connectivity index (χ1) is 13.4. The summed E-state index contributed by atoms with van der Waals surface area (Å²) in [6.45, 7) is 4.04. The summed E-state index contributed by atoms with van der Waals surface area (Å²) < 4.78 is 33.4. The van der Waals surface area contributed by atoms with E-state index in [2.05, 4.69) is 15.1 Å². The van der Waals surface area contributed by atoms with Crippen LogP contribution < -0.4 is 0 Å². The van der Waals surface area contributed by atoms with Crippen molar-refractivity contribution in [3.63, 3.8) is 0 Å². The molecule has 0 spiro atoms. The Morgan fingerprint density at radius 2 is 1.96 bits per heavy atom. The second kappa shape index (κ2) is 7.27. The molecule has 1 saturated heterocycles. The summed E-state index contributed by atoms with van der Waals surface area (Å²) in [6, 6.07) is 7.61. The lowest BCUT2D eigenvalue weighted by Gasteiger charge is -2.25. The van der Waals surface area contributed by atoms with Gasteiger partial charge in [-0.05, 0) is 51.0 Å². The van der Waals surface area contributed by atoms with Crippen LogP contribution in [-0.2, 0) is 10.0 Å². The highest BCUT2D eigenvalue weighted by atomic mass is 35.5. The standard InChI is InChI=1S/C19H19ClN4O3S/c1-12-10-18(27-23-12)16-11-21-13(2)22-19(16)17-4-3-9-24(17)28(25,26)15-7-5-14(20)6-8-15/h5-8,10-11,17H,3-4,9H2,1-2H3/t17-/m0/s1. The number of aromatic nitrogens is 3. The van der Waals surface area contributed by atoms with Gasteiger partial charge in [0.25, 0.3) is 0 Å². The lowest BCUT2D eigenvalue weighted by atomic mass is 10.0. The molecule has 1 aliphatic heterocycles. The minimum absolute atomic E-state index is 0.214. The van der Waals surface area contributed by atoms with E-state index in [9.17, 15) is 8.42 Å². The summed E-state index contributed by atoms with van der Waals surface area (Å²) >= 11 is 5.91. The molecule has 4 rings (SSSR count). The van der Waals surface area contributed by atoms with Crippen molar-refractivity contribution in [2.75, 3.05) is 6.54 Å². The van der Waals surface area contributed by atoms with Crippen molar-refractivity contribution in [2.24, 2.45) is 0 Å². The van der Waals surface area contributed by atoms with E-state index in [0.717, 1.165) is 12.1 Å². The van der Waals surface area contributed by atoms with E-state index in [1.165, 1.54) is 16.4 Å². The topological polar surface area (TPSA) is 89.2 Å². The lowest BCUT2D eigenvalue weighted by Crippen LogP contribution is -2.31. The van der Waals surface area contributed by atoms with Gasteiger partial charge in [-0.2, -0.15) is 4.31 Å². The summed E-state index contributed by atoms with van der Waals surface area (Å²) in [4.78, 5) is 9.07. The highest BCUT2D eigenvalue weighted by Gasteiger charge is 2.38. The van der Waals surface area contributed by atoms with E-state index in [0.29, 0.717) is 40.8 Å². The molecule has 0 radical (unpaired) electrons. The molecule has 0 unspecified atom stereocenters. The zero-order valence-corrected chi connectivity index (χ0v) is 17.0. The molecule has 3 aromatic rings. The van der Waals surface area contributed by atoms with Crippen LogP contribution in [0.2, 0.25) is 5.02 Å². The zero-order chi connectivity index (χ0) is 19.9. The fourth-order valence-corrected chi connectivity index (χ4v) is 5.25. The Bertz CT molecular complexity index is 1110. The number of benzene rings is 1. The molecule has 1 aliphatic rings. The summed E-state index contributed by atoms with van der Waals surface area (Å²) in [5.74, 6) is 1.11. The number of aryl methyl sites for hydroxylation is 2. The van der Waals surface area contributed by atoms with Crippen molar-refractivity contribution in [1.29, 1.82) is 0 Å². The minimum atomic E-state index is -3.69. The van der Waals surface area contributed by atoms with Crippen molar-refractivity contribution in [2.45, 2.75) is 37.6 Å². The number of hydrogen-bond acceptors (Lipinski definition) is 6. The molecule has 1 atom stereocenters. The molecule has 0 N–H and O–H groups in total. The third kappa shape index (κ3) is 3.43. The van der Waals surface area contributed by atoms with E-state index in [-0.39, 0.29) is 4.90 Å². The van der Waals surface area contributed by atoms with Gasteiger partial charge in [-0.3, -0.25) is 0 Å². The molecular weight excluding hydrogens is 400 g/mol. The monoisotopic (exact) mass is 418 g/mol. The van der Waals surface area contributed by atoms with Crippen molar-refractivity contribution in [3.05, 3.63) is 58.8 Å². The van der Waals surface area contributed by atoms with E-state index in [4.69, 9.17) is 16.1 Å². The van der Waals surface area contributed by atoms with Crippen molar-refractivity contribution in [3.8, 4) is 11.3 Å². The predicted octanol–water partition coefficient (Wildman–Crippen LogP) is 3.93. The molecule has 0 saturated carbocycles. The van der Waals surface area contributed by atoms with Crippen LogP contribution >= 0.6 is 11.6 Å². The smallest absolute Gasteiger partial charge is 0.243 e. The molecule has 7 nitrogen and oxygen atoms in total. The third-order valence-corrected chi connectivity index (χ3v) is 6.95. The first kappa shape index (κ1) is 19.0. The molecule has 0 aliphatic carbocycles. The minimum Gasteiger partial charge on any atom is -0.356 e. The van der Waals surface area contributed by atoms with Gasteiger partial charge < -0.3 is 4.52 Å². The molecule has 3 heterocycles. The second-order valence-electron chi connectivity index (χ2n) is 6.78. The van der Waals surface area contributed by atoms with Crippen LogP contribution in [0.4, 0.5) is 0 Å². The fourth-order valence-electron chi connectivity index (χ4n) is 3.46. The van der Waals surface area contributed by atoms with Gasteiger partial charge in [0.05, 0.1) is 27.9 Å². The summed E-state index contributed by atoms with van der Waals surface area (Å²) in [6.07, 6.45) is 3.09. The van der Waals surface area contributed by atoms with Gasteiger partial charge in [-0.15, -0.1) is 0 Å². The highest BCUT2D eigenvalue weighted by molar-refractivity contribution is 7.89. The quantitative estimate of drug-likeness (QED) is 0.637. The maximum Gasteiger partial charge on any atom is 0.243 e. The van der Waals surface area contributed by atoms with Gasteiger partial charge in [0.2, 0.25) is 10.0 Å². The van der Waals surface area contributed by atoms with Crippen LogP contribution in [-0.4, -0.2) is 34.4 Å². The van der Waals surface area contributed by atoms with Crippen LogP contribution in [0, 0.1) is 13.8 Å². The number of hydrogen-bond donors (Lipinski definition) is 0. The molecule has 1 aromatic carbocycles. The Balaban J connectivity index is 1.79. The Labute approximate surface area is 168 Å². The Morgan fingerprint density at radius 1 is 1.21 bits per heavy atom. The van der Waals surface area contributed by atoms with E-state index < -0.39 is 16.1 Å². The summed E-state index contributed by atoms with van der Waals surface area (Å²) in [5.41, 5.74) is 2.03. The Kier molecular flexibility index (Phi) is 4.95. The maximum absolute atomic E-state index is 13.3. The number of rotatable bonds is 4. The van der Waals surface area contributed by atoms with Crippen molar-refractivity contribution < 1.29 is 12.9 Å². The van der Waals surface area contributed by atoms with Crippen LogP contribution in [0.1, 0.15) is 36.1 Å². The van der Waals surface area contributed by atoms with Crippen LogP contribution in [0.15, 0.2) is 45.9 Å². The molecule has 0 amide bonds. The van der Waals surface area contributed by atoms with E-state index in [1.54, 1.807) is 31.3 Å². The third-order valence-electron chi connectivity index (χ3n) is 4.77.